The average molecular weight is 250 g/mol. The maximum atomic E-state index is 11.6. The lowest BCUT2D eigenvalue weighted by molar-refractivity contribution is -0.118. The summed E-state index contributed by atoms with van der Waals surface area (Å²) in [6.07, 6.45) is 0. The van der Waals surface area contributed by atoms with Gasteiger partial charge in [-0.25, -0.2) is 4.79 Å². The fourth-order valence-corrected chi connectivity index (χ4v) is 1.80. The monoisotopic (exact) mass is 250 g/mol. The molecule has 6 heteroatoms. The van der Waals surface area contributed by atoms with Gasteiger partial charge in [-0.05, 0) is 12.1 Å². The van der Waals surface area contributed by atoms with Crippen LogP contribution in [0.3, 0.4) is 0 Å². The fourth-order valence-electron chi connectivity index (χ4n) is 1.80. The van der Waals surface area contributed by atoms with Crippen LogP contribution in [0.15, 0.2) is 12.1 Å². The van der Waals surface area contributed by atoms with Gasteiger partial charge in [-0.1, -0.05) is 0 Å². The summed E-state index contributed by atoms with van der Waals surface area (Å²) in [5.74, 6) is -0.382. The molecule has 0 aliphatic carbocycles. The summed E-state index contributed by atoms with van der Waals surface area (Å²) in [7, 11) is 4.98. The molecule has 0 radical (unpaired) electrons. The number of nitrogens with one attached hydrogen (secondary N) is 1. The minimum Gasteiger partial charge on any atom is -0.481 e. The first-order valence-corrected chi connectivity index (χ1v) is 5.40. The lowest BCUT2D eigenvalue weighted by Crippen LogP contribution is -2.28. The zero-order chi connectivity index (χ0) is 13.3. The van der Waals surface area contributed by atoms with E-state index in [1.54, 1.807) is 12.1 Å². The summed E-state index contributed by atoms with van der Waals surface area (Å²) >= 11 is 0. The van der Waals surface area contributed by atoms with E-state index in [-0.39, 0.29) is 12.5 Å². The fraction of sp³-hybridized carbons (Fsp3) is 0.333. The Labute approximate surface area is 104 Å². The summed E-state index contributed by atoms with van der Waals surface area (Å²) in [5, 5.41) is 2.72. The van der Waals surface area contributed by atoms with Crippen LogP contribution in [0.1, 0.15) is 10.4 Å². The zero-order valence-corrected chi connectivity index (χ0v) is 10.4. The van der Waals surface area contributed by atoms with Gasteiger partial charge in [-0.15, -0.1) is 0 Å². The molecule has 96 valence electrons. The topological polar surface area (TPSA) is 67.9 Å². The Morgan fingerprint density at radius 1 is 1.44 bits per heavy atom. The Balaban J connectivity index is 2.58. The number of carbonyl (C=O) groups is 2. The minimum atomic E-state index is -0.493. The molecular weight excluding hydrogens is 236 g/mol. The first-order chi connectivity index (χ1) is 8.54. The van der Waals surface area contributed by atoms with Gasteiger partial charge in [0.15, 0.2) is 12.4 Å². The van der Waals surface area contributed by atoms with Crippen LogP contribution < -0.4 is 15.0 Å². The van der Waals surface area contributed by atoms with Crippen molar-refractivity contribution >= 4 is 23.3 Å². The number of methoxy groups -OCH3 is 1. The number of fused-ring (bicyclic) bond motifs is 1. The average Bonchev–Trinajstić information content (AvgIpc) is 2.35. The third kappa shape index (κ3) is 1.97. The number of carbonyl (C=O) groups excluding carboxylic acids is 2. The minimum absolute atomic E-state index is 0.103. The van der Waals surface area contributed by atoms with Crippen LogP contribution in [-0.4, -0.2) is 39.7 Å². The Morgan fingerprint density at radius 3 is 2.78 bits per heavy atom. The van der Waals surface area contributed by atoms with Crippen LogP contribution in [0.2, 0.25) is 0 Å². The SMILES string of the molecule is COC(=O)c1ccc(N(C)C)c2c1OCC(=O)N2. The number of nitrogens with zero attached hydrogens (tertiary/aromatic N) is 1. The van der Waals surface area contributed by atoms with E-state index in [4.69, 9.17) is 4.74 Å². The van der Waals surface area contributed by atoms with Gasteiger partial charge in [0.2, 0.25) is 0 Å². The lowest BCUT2D eigenvalue weighted by atomic mass is 10.1. The van der Waals surface area contributed by atoms with Gasteiger partial charge in [0, 0.05) is 14.1 Å². The van der Waals surface area contributed by atoms with Crippen LogP contribution in [0, 0.1) is 0 Å². The molecule has 0 unspecified atom stereocenters. The second-order valence-corrected chi connectivity index (χ2v) is 4.06. The number of ether oxygens (including phenoxy) is 2. The van der Waals surface area contributed by atoms with Crippen molar-refractivity contribution < 1.29 is 19.1 Å². The molecule has 1 aliphatic heterocycles. The quantitative estimate of drug-likeness (QED) is 0.789. The summed E-state index contributed by atoms with van der Waals surface area (Å²) in [5.41, 5.74) is 1.57. The Bertz CT molecular complexity index is 511. The molecule has 0 fully saturated rings. The summed E-state index contributed by atoms with van der Waals surface area (Å²) < 4.78 is 10.0. The van der Waals surface area contributed by atoms with Gasteiger partial charge < -0.3 is 19.7 Å². The van der Waals surface area contributed by atoms with Crippen molar-refractivity contribution in [1.82, 2.24) is 0 Å². The molecule has 0 aromatic heterocycles. The van der Waals surface area contributed by atoms with Crippen molar-refractivity contribution in [2.24, 2.45) is 0 Å². The normalized spacial score (nSPS) is 13.2. The van der Waals surface area contributed by atoms with E-state index >= 15 is 0 Å². The molecule has 1 amide bonds. The van der Waals surface area contributed by atoms with E-state index in [1.165, 1.54) is 7.11 Å². The van der Waals surface area contributed by atoms with Crippen molar-refractivity contribution in [3.05, 3.63) is 17.7 Å². The van der Waals surface area contributed by atoms with E-state index < -0.39 is 5.97 Å². The largest absolute Gasteiger partial charge is 0.481 e. The molecule has 6 nitrogen and oxygen atoms in total. The van der Waals surface area contributed by atoms with E-state index in [9.17, 15) is 9.59 Å². The molecule has 1 aliphatic rings. The molecule has 1 heterocycles. The van der Waals surface area contributed by atoms with Crippen molar-refractivity contribution in [1.29, 1.82) is 0 Å². The number of rotatable bonds is 2. The maximum Gasteiger partial charge on any atom is 0.341 e. The van der Waals surface area contributed by atoms with E-state index in [0.717, 1.165) is 5.69 Å². The van der Waals surface area contributed by atoms with Gasteiger partial charge in [0.05, 0.1) is 12.8 Å². The van der Waals surface area contributed by atoms with Crippen molar-refractivity contribution in [2.75, 3.05) is 38.0 Å². The summed E-state index contributed by atoms with van der Waals surface area (Å²) in [4.78, 5) is 24.8. The Hall–Kier alpha value is -2.24. The van der Waals surface area contributed by atoms with Gasteiger partial charge in [-0.2, -0.15) is 0 Å². The molecule has 18 heavy (non-hydrogen) atoms. The highest BCUT2D eigenvalue weighted by Crippen LogP contribution is 2.39. The molecule has 0 saturated heterocycles. The predicted molar refractivity (Wildman–Crippen MR) is 66.2 cm³/mol. The number of esters is 1. The predicted octanol–water partition coefficient (Wildman–Crippen LogP) is 0.870. The van der Waals surface area contributed by atoms with Crippen LogP contribution in [-0.2, 0) is 9.53 Å². The number of hydrogen-bond donors (Lipinski definition) is 1. The van der Waals surface area contributed by atoms with E-state index in [2.05, 4.69) is 10.1 Å². The molecule has 1 aromatic carbocycles. The van der Waals surface area contributed by atoms with Crippen molar-refractivity contribution in [3.63, 3.8) is 0 Å². The highest BCUT2D eigenvalue weighted by molar-refractivity contribution is 6.04. The molecule has 1 N–H and O–H groups in total. The van der Waals surface area contributed by atoms with Crippen LogP contribution in [0.4, 0.5) is 11.4 Å². The molecule has 0 spiro atoms. The first-order valence-electron chi connectivity index (χ1n) is 5.40. The lowest BCUT2D eigenvalue weighted by Gasteiger charge is -2.25. The second kappa shape index (κ2) is 4.56. The number of amides is 1. The van der Waals surface area contributed by atoms with Gasteiger partial charge in [0.25, 0.3) is 5.91 Å². The van der Waals surface area contributed by atoms with E-state index in [0.29, 0.717) is 17.0 Å². The smallest absolute Gasteiger partial charge is 0.341 e. The third-order valence-electron chi connectivity index (χ3n) is 2.63. The van der Waals surface area contributed by atoms with Crippen LogP contribution in [0.25, 0.3) is 0 Å². The van der Waals surface area contributed by atoms with Crippen LogP contribution in [0.5, 0.6) is 5.75 Å². The Kier molecular flexibility index (Phi) is 3.10. The number of benzene rings is 1. The van der Waals surface area contributed by atoms with Gasteiger partial charge in [-0.3, -0.25) is 4.79 Å². The van der Waals surface area contributed by atoms with Crippen LogP contribution >= 0.6 is 0 Å². The first kappa shape index (κ1) is 12.2. The Morgan fingerprint density at radius 2 is 2.17 bits per heavy atom. The number of anilines is 2. The van der Waals surface area contributed by atoms with Gasteiger partial charge in [0.1, 0.15) is 11.3 Å². The van der Waals surface area contributed by atoms with E-state index in [1.807, 2.05) is 19.0 Å². The molecule has 0 saturated carbocycles. The van der Waals surface area contributed by atoms with Crippen molar-refractivity contribution in [3.8, 4) is 5.75 Å². The molecular formula is C12H14N2O4. The highest BCUT2D eigenvalue weighted by atomic mass is 16.5. The zero-order valence-electron chi connectivity index (χ0n) is 10.4. The second-order valence-electron chi connectivity index (χ2n) is 4.06. The summed E-state index contributed by atoms with van der Waals surface area (Å²) in [6.45, 7) is -0.103. The standard InChI is InChI=1S/C12H14N2O4/c1-14(2)8-5-4-7(12(16)17-3)11-10(8)13-9(15)6-18-11/h4-5H,6H2,1-3H3,(H,13,15). The molecule has 2 rings (SSSR count). The number of hydrogen-bond acceptors (Lipinski definition) is 5. The molecule has 0 atom stereocenters. The summed E-state index contributed by atoms with van der Waals surface area (Å²) in [6, 6.07) is 3.36. The molecule has 0 bridgehead atoms. The maximum absolute atomic E-state index is 11.6. The molecule has 1 aromatic rings. The van der Waals surface area contributed by atoms with Gasteiger partial charge >= 0.3 is 5.97 Å². The third-order valence-corrected chi connectivity index (χ3v) is 2.63. The highest BCUT2D eigenvalue weighted by Gasteiger charge is 2.26. The van der Waals surface area contributed by atoms with Crippen molar-refractivity contribution in [2.45, 2.75) is 0 Å².